The first kappa shape index (κ1) is 15.7. The van der Waals surface area contributed by atoms with E-state index in [1.165, 1.54) is 11.1 Å². The Morgan fingerprint density at radius 2 is 1.80 bits per heavy atom. The first-order valence-corrected chi connectivity index (χ1v) is 8.36. The zero-order valence-corrected chi connectivity index (χ0v) is 14.4. The van der Waals surface area contributed by atoms with Gasteiger partial charge in [-0.15, -0.1) is 0 Å². The molecule has 1 aliphatic heterocycles. The van der Waals surface area contributed by atoms with Gasteiger partial charge in [-0.1, -0.05) is 6.07 Å². The minimum atomic E-state index is 0.588. The SMILES string of the molecule is Cc1ccc(Nc2nc(N3CCOCC3)nc3nccnc23)cc1C. The minimum absolute atomic E-state index is 0.588. The van der Waals surface area contributed by atoms with Gasteiger partial charge in [0.1, 0.15) is 0 Å². The smallest absolute Gasteiger partial charge is 0.229 e. The van der Waals surface area contributed by atoms with Crippen molar-refractivity contribution in [3.63, 3.8) is 0 Å². The normalized spacial score (nSPS) is 14.7. The Hall–Kier alpha value is -2.80. The van der Waals surface area contributed by atoms with E-state index < -0.39 is 0 Å². The molecular formula is C18H20N6O. The third kappa shape index (κ3) is 3.23. The van der Waals surface area contributed by atoms with Crippen molar-refractivity contribution in [3.05, 3.63) is 41.7 Å². The maximum absolute atomic E-state index is 5.42. The van der Waals surface area contributed by atoms with E-state index in [2.05, 4.69) is 51.1 Å². The molecule has 1 fully saturated rings. The van der Waals surface area contributed by atoms with E-state index in [9.17, 15) is 0 Å². The van der Waals surface area contributed by atoms with Crippen molar-refractivity contribution in [1.29, 1.82) is 0 Å². The molecule has 2 aromatic heterocycles. The highest BCUT2D eigenvalue weighted by Crippen LogP contribution is 2.25. The third-order valence-corrected chi connectivity index (χ3v) is 4.38. The predicted octanol–water partition coefficient (Wildman–Crippen LogP) is 2.62. The van der Waals surface area contributed by atoms with E-state index in [1.54, 1.807) is 12.4 Å². The second kappa shape index (κ2) is 6.60. The van der Waals surface area contributed by atoms with E-state index in [4.69, 9.17) is 9.72 Å². The van der Waals surface area contributed by atoms with E-state index in [0.717, 1.165) is 18.8 Å². The summed E-state index contributed by atoms with van der Waals surface area (Å²) >= 11 is 0. The summed E-state index contributed by atoms with van der Waals surface area (Å²) in [5.41, 5.74) is 4.71. The highest BCUT2D eigenvalue weighted by atomic mass is 16.5. The molecule has 0 unspecified atom stereocenters. The van der Waals surface area contributed by atoms with E-state index in [1.807, 2.05) is 6.07 Å². The van der Waals surface area contributed by atoms with Crippen LogP contribution in [-0.2, 0) is 4.74 Å². The lowest BCUT2D eigenvalue weighted by Gasteiger charge is -2.27. The van der Waals surface area contributed by atoms with Crippen LogP contribution < -0.4 is 10.2 Å². The highest BCUT2D eigenvalue weighted by Gasteiger charge is 2.17. The summed E-state index contributed by atoms with van der Waals surface area (Å²) in [5.74, 6) is 1.32. The molecule has 128 valence electrons. The molecule has 25 heavy (non-hydrogen) atoms. The number of anilines is 3. The van der Waals surface area contributed by atoms with E-state index >= 15 is 0 Å². The standard InChI is InChI=1S/C18H20N6O/c1-12-3-4-14(11-13(12)2)21-17-15-16(20-6-5-19-15)22-18(23-17)24-7-9-25-10-8-24/h3-6,11H,7-10H2,1-2H3,(H,20,21,22,23). The van der Waals surface area contributed by atoms with Crippen molar-refractivity contribution < 1.29 is 4.74 Å². The van der Waals surface area contributed by atoms with Gasteiger partial charge in [-0.2, -0.15) is 9.97 Å². The molecule has 3 heterocycles. The van der Waals surface area contributed by atoms with Crippen LogP contribution in [0.5, 0.6) is 0 Å². The van der Waals surface area contributed by atoms with Gasteiger partial charge in [-0.25, -0.2) is 9.97 Å². The Kier molecular flexibility index (Phi) is 4.15. The van der Waals surface area contributed by atoms with Crippen molar-refractivity contribution in [2.45, 2.75) is 13.8 Å². The van der Waals surface area contributed by atoms with Crippen LogP contribution in [-0.4, -0.2) is 46.2 Å². The lowest BCUT2D eigenvalue weighted by Crippen LogP contribution is -2.37. The molecule has 0 radical (unpaired) electrons. The number of fused-ring (bicyclic) bond motifs is 1. The molecule has 4 rings (SSSR count). The van der Waals surface area contributed by atoms with Crippen LogP contribution in [0.4, 0.5) is 17.5 Å². The molecule has 0 spiro atoms. The largest absolute Gasteiger partial charge is 0.378 e. The number of rotatable bonds is 3. The van der Waals surface area contributed by atoms with Gasteiger partial charge in [0, 0.05) is 31.2 Å². The molecule has 0 amide bonds. The summed E-state index contributed by atoms with van der Waals surface area (Å²) in [6.45, 7) is 7.10. The van der Waals surface area contributed by atoms with Gasteiger partial charge in [0.2, 0.25) is 5.95 Å². The number of nitrogens with zero attached hydrogens (tertiary/aromatic N) is 5. The van der Waals surface area contributed by atoms with Crippen molar-refractivity contribution in [2.24, 2.45) is 0 Å². The van der Waals surface area contributed by atoms with Crippen LogP contribution in [0.25, 0.3) is 11.2 Å². The second-order valence-electron chi connectivity index (χ2n) is 6.12. The zero-order chi connectivity index (χ0) is 17.2. The fourth-order valence-electron chi connectivity index (χ4n) is 2.80. The maximum Gasteiger partial charge on any atom is 0.229 e. The summed E-state index contributed by atoms with van der Waals surface area (Å²) in [5, 5.41) is 3.38. The summed E-state index contributed by atoms with van der Waals surface area (Å²) in [7, 11) is 0. The summed E-state index contributed by atoms with van der Waals surface area (Å²) in [4.78, 5) is 20.2. The van der Waals surface area contributed by atoms with Crippen LogP contribution >= 0.6 is 0 Å². The first-order valence-electron chi connectivity index (χ1n) is 8.36. The van der Waals surface area contributed by atoms with Gasteiger partial charge in [0.15, 0.2) is 17.0 Å². The van der Waals surface area contributed by atoms with Crippen LogP contribution in [0, 0.1) is 13.8 Å². The van der Waals surface area contributed by atoms with Crippen LogP contribution in [0.3, 0.4) is 0 Å². The Bertz CT molecular complexity index is 907. The molecule has 7 nitrogen and oxygen atoms in total. The molecule has 1 N–H and O–H groups in total. The molecule has 0 atom stereocenters. The zero-order valence-electron chi connectivity index (χ0n) is 14.4. The van der Waals surface area contributed by atoms with Gasteiger partial charge in [0.25, 0.3) is 0 Å². The monoisotopic (exact) mass is 336 g/mol. The lowest BCUT2D eigenvalue weighted by molar-refractivity contribution is 0.122. The number of benzene rings is 1. The molecule has 0 saturated carbocycles. The quantitative estimate of drug-likeness (QED) is 0.788. The highest BCUT2D eigenvalue weighted by molar-refractivity contribution is 5.85. The molecule has 1 saturated heterocycles. The van der Waals surface area contributed by atoms with Crippen LogP contribution in [0.2, 0.25) is 0 Å². The van der Waals surface area contributed by atoms with Crippen LogP contribution in [0.15, 0.2) is 30.6 Å². The van der Waals surface area contributed by atoms with Gasteiger partial charge < -0.3 is 15.0 Å². The fourth-order valence-corrected chi connectivity index (χ4v) is 2.80. The Balaban J connectivity index is 1.76. The number of aryl methyl sites for hydroxylation is 2. The molecule has 0 aliphatic carbocycles. The average Bonchev–Trinajstić information content (AvgIpc) is 2.65. The molecule has 1 aromatic carbocycles. The van der Waals surface area contributed by atoms with Gasteiger partial charge >= 0.3 is 0 Å². The number of ether oxygens (including phenoxy) is 1. The molecule has 7 heteroatoms. The molecule has 3 aromatic rings. The molecule has 1 aliphatic rings. The topological polar surface area (TPSA) is 76.1 Å². The number of morpholine rings is 1. The summed E-state index contributed by atoms with van der Waals surface area (Å²) < 4.78 is 5.42. The summed E-state index contributed by atoms with van der Waals surface area (Å²) in [6, 6.07) is 6.24. The Labute approximate surface area is 146 Å². The van der Waals surface area contributed by atoms with Crippen molar-refractivity contribution in [3.8, 4) is 0 Å². The van der Waals surface area contributed by atoms with Gasteiger partial charge in [0.05, 0.1) is 13.2 Å². The van der Waals surface area contributed by atoms with Gasteiger partial charge in [-0.05, 0) is 37.1 Å². The van der Waals surface area contributed by atoms with Crippen molar-refractivity contribution in [1.82, 2.24) is 19.9 Å². The number of aromatic nitrogens is 4. The maximum atomic E-state index is 5.42. The number of nitrogens with one attached hydrogen (secondary N) is 1. The fraction of sp³-hybridized carbons (Fsp3) is 0.333. The first-order chi connectivity index (χ1) is 12.2. The minimum Gasteiger partial charge on any atom is -0.378 e. The van der Waals surface area contributed by atoms with E-state index in [0.29, 0.717) is 36.1 Å². The third-order valence-electron chi connectivity index (χ3n) is 4.38. The lowest BCUT2D eigenvalue weighted by atomic mass is 10.1. The van der Waals surface area contributed by atoms with Gasteiger partial charge in [-0.3, -0.25) is 0 Å². The average molecular weight is 336 g/mol. The molecule has 0 bridgehead atoms. The summed E-state index contributed by atoms with van der Waals surface area (Å²) in [6.07, 6.45) is 3.31. The molecular weight excluding hydrogens is 316 g/mol. The van der Waals surface area contributed by atoms with Crippen molar-refractivity contribution >= 4 is 28.6 Å². The Morgan fingerprint density at radius 3 is 2.60 bits per heavy atom. The van der Waals surface area contributed by atoms with Crippen molar-refractivity contribution in [2.75, 3.05) is 36.5 Å². The Morgan fingerprint density at radius 1 is 1.00 bits per heavy atom. The predicted molar refractivity (Wildman–Crippen MR) is 97.4 cm³/mol. The van der Waals surface area contributed by atoms with E-state index in [-0.39, 0.29) is 0 Å². The van der Waals surface area contributed by atoms with Crippen LogP contribution in [0.1, 0.15) is 11.1 Å². The number of hydrogen-bond acceptors (Lipinski definition) is 7. The number of hydrogen-bond donors (Lipinski definition) is 1. The second-order valence-corrected chi connectivity index (χ2v) is 6.12.